The highest BCUT2D eigenvalue weighted by atomic mass is 35.5. The van der Waals surface area contributed by atoms with Crippen LogP contribution in [0.5, 0.6) is 5.75 Å². The van der Waals surface area contributed by atoms with Crippen LogP contribution in [0.2, 0.25) is 10.0 Å². The molecule has 29 heavy (non-hydrogen) atoms. The third kappa shape index (κ3) is 4.86. The quantitative estimate of drug-likeness (QED) is 0.358. The summed E-state index contributed by atoms with van der Waals surface area (Å²) in [4.78, 5) is 12.1. The first kappa shape index (κ1) is 21.5. The maximum absolute atomic E-state index is 12.1. The lowest BCUT2D eigenvalue weighted by molar-refractivity contribution is -0.142. The second-order valence-electron chi connectivity index (χ2n) is 5.98. The van der Waals surface area contributed by atoms with Gasteiger partial charge in [-0.3, -0.25) is 9.36 Å². The Balaban J connectivity index is 2.07. The standard InChI is InChI=1S/C20H19Cl2N3O3S/c1-4-28-19(26)12(2)29-20-24-23-18(13-5-8-15(27-3)9-6-13)25(20)14-7-10-16(21)17(22)11-14/h5-12H,4H2,1-3H3/t12-/m0/s1. The maximum Gasteiger partial charge on any atom is 0.319 e. The van der Waals surface area contributed by atoms with Gasteiger partial charge in [0.2, 0.25) is 0 Å². The molecule has 0 fully saturated rings. The van der Waals surface area contributed by atoms with Gasteiger partial charge in [-0.05, 0) is 56.3 Å². The highest BCUT2D eigenvalue weighted by Crippen LogP contribution is 2.33. The minimum absolute atomic E-state index is 0.313. The van der Waals surface area contributed by atoms with Crippen molar-refractivity contribution in [3.8, 4) is 22.8 Å². The minimum Gasteiger partial charge on any atom is -0.497 e. The third-order valence-corrected chi connectivity index (χ3v) is 5.80. The number of esters is 1. The monoisotopic (exact) mass is 451 g/mol. The number of benzene rings is 2. The zero-order valence-corrected chi connectivity index (χ0v) is 18.4. The summed E-state index contributed by atoms with van der Waals surface area (Å²) in [5, 5.41) is 9.60. The molecule has 0 aliphatic rings. The van der Waals surface area contributed by atoms with E-state index in [0.717, 1.165) is 17.0 Å². The van der Waals surface area contributed by atoms with Gasteiger partial charge in [0, 0.05) is 5.56 Å². The van der Waals surface area contributed by atoms with Crippen LogP contribution in [0, 0.1) is 0 Å². The molecule has 0 radical (unpaired) electrons. The van der Waals surface area contributed by atoms with Crippen molar-refractivity contribution in [2.24, 2.45) is 0 Å². The Kier molecular flexibility index (Phi) is 7.05. The zero-order chi connectivity index (χ0) is 21.0. The van der Waals surface area contributed by atoms with Crippen LogP contribution in [0.4, 0.5) is 0 Å². The first-order chi connectivity index (χ1) is 13.9. The number of nitrogens with zero attached hydrogens (tertiary/aromatic N) is 3. The topological polar surface area (TPSA) is 66.2 Å². The average molecular weight is 452 g/mol. The molecule has 0 unspecified atom stereocenters. The van der Waals surface area contributed by atoms with Crippen molar-refractivity contribution < 1.29 is 14.3 Å². The summed E-state index contributed by atoms with van der Waals surface area (Å²) in [6.07, 6.45) is 0. The Bertz CT molecular complexity index is 1010. The highest BCUT2D eigenvalue weighted by molar-refractivity contribution is 8.00. The first-order valence-electron chi connectivity index (χ1n) is 8.83. The van der Waals surface area contributed by atoms with Crippen LogP contribution in [0.1, 0.15) is 13.8 Å². The van der Waals surface area contributed by atoms with Crippen LogP contribution >= 0.6 is 35.0 Å². The van der Waals surface area contributed by atoms with Gasteiger partial charge in [-0.25, -0.2) is 0 Å². The molecule has 0 aliphatic carbocycles. The van der Waals surface area contributed by atoms with E-state index >= 15 is 0 Å². The lowest BCUT2D eigenvalue weighted by Gasteiger charge is -2.14. The van der Waals surface area contributed by atoms with Gasteiger partial charge in [0.05, 0.1) is 29.4 Å². The molecular formula is C20H19Cl2N3O3S. The average Bonchev–Trinajstić information content (AvgIpc) is 3.13. The number of halogens is 2. The van der Waals surface area contributed by atoms with E-state index in [0.29, 0.717) is 27.6 Å². The number of hydrogen-bond donors (Lipinski definition) is 0. The summed E-state index contributed by atoms with van der Waals surface area (Å²) in [6, 6.07) is 12.7. The normalized spacial score (nSPS) is 11.9. The van der Waals surface area contributed by atoms with Gasteiger partial charge < -0.3 is 9.47 Å². The second-order valence-corrected chi connectivity index (χ2v) is 8.10. The first-order valence-corrected chi connectivity index (χ1v) is 10.5. The van der Waals surface area contributed by atoms with Crippen LogP contribution in [0.3, 0.4) is 0 Å². The maximum atomic E-state index is 12.1. The van der Waals surface area contributed by atoms with E-state index in [1.54, 1.807) is 33.1 Å². The second kappa shape index (κ2) is 9.52. The van der Waals surface area contributed by atoms with Crippen LogP contribution in [-0.2, 0) is 9.53 Å². The molecule has 2 aromatic carbocycles. The van der Waals surface area contributed by atoms with Gasteiger partial charge in [-0.1, -0.05) is 35.0 Å². The van der Waals surface area contributed by atoms with Gasteiger partial charge in [0.15, 0.2) is 11.0 Å². The molecule has 6 nitrogen and oxygen atoms in total. The van der Waals surface area contributed by atoms with Crippen molar-refractivity contribution in [3.05, 3.63) is 52.5 Å². The summed E-state index contributed by atoms with van der Waals surface area (Å²) in [5.41, 5.74) is 1.56. The lowest BCUT2D eigenvalue weighted by atomic mass is 10.2. The molecule has 0 aliphatic heterocycles. The summed E-state index contributed by atoms with van der Waals surface area (Å²) >= 11 is 13.6. The summed E-state index contributed by atoms with van der Waals surface area (Å²) in [7, 11) is 1.61. The fourth-order valence-corrected chi connectivity index (χ4v) is 3.75. The summed E-state index contributed by atoms with van der Waals surface area (Å²) in [6.45, 7) is 3.86. The Labute approximate surface area is 183 Å². The fraction of sp³-hybridized carbons (Fsp3) is 0.250. The number of ether oxygens (including phenoxy) is 2. The minimum atomic E-state index is -0.454. The number of methoxy groups -OCH3 is 1. The molecule has 152 valence electrons. The molecule has 9 heteroatoms. The predicted octanol–water partition coefficient (Wildman–Crippen LogP) is 5.29. The molecule has 1 atom stereocenters. The van der Waals surface area contributed by atoms with Crippen molar-refractivity contribution in [2.45, 2.75) is 24.3 Å². The number of carbonyl (C=O) groups is 1. The molecule has 3 rings (SSSR count). The molecule has 1 aromatic heterocycles. The number of rotatable bonds is 7. The predicted molar refractivity (Wildman–Crippen MR) is 115 cm³/mol. The van der Waals surface area contributed by atoms with Gasteiger partial charge >= 0.3 is 5.97 Å². The third-order valence-electron chi connectivity index (χ3n) is 4.04. The molecule has 0 spiro atoms. The SMILES string of the molecule is CCOC(=O)[C@H](C)Sc1nnc(-c2ccc(OC)cc2)n1-c1ccc(Cl)c(Cl)c1. The van der Waals surface area contributed by atoms with Gasteiger partial charge in [-0.2, -0.15) is 0 Å². The van der Waals surface area contributed by atoms with Gasteiger partial charge in [-0.15, -0.1) is 10.2 Å². The van der Waals surface area contributed by atoms with E-state index in [9.17, 15) is 4.79 Å². The van der Waals surface area contributed by atoms with Crippen molar-refractivity contribution in [3.63, 3.8) is 0 Å². The Morgan fingerprint density at radius 2 is 1.86 bits per heavy atom. The number of carbonyl (C=O) groups excluding carboxylic acids is 1. The molecular weight excluding hydrogens is 433 g/mol. The summed E-state index contributed by atoms with van der Waals surface area (Å²) in [5.74, 6) is 1.02. The Morgan fingerprint density at radius 3 is 2.48 bits per heavy atom. The number of hydrogen-bond acceptors (Lipinski definition) is 6. The molecule has 0 amide bonds. The van der Waals surface area contributed by atoms with Crippen LogP contribution in [-0.4, -0.2) is 39.7 Å². The van der Waals surface area contributed by atoms with Crippen LogP contribution < -0.4 is 4.74 Å². The lowest BCUT2D eigenvalue weighted by Crippen LogP contribution is -2.17. The fourth-order valence-electron chi connectivity index (χ4n) is 2.60. The van der Waals surface area contributed by atoms with E-state index in [1.165, 1.54) is 11.8 Å². The van der Waals surface area contributed by atoms with Crippen LogP contribution in [0.25, 0.3) is 17.1 Å². The van der Waals surface area contributed by atoms with E-state index in [4.69, 9.17) is 32.7 Å². The van der Waals surface area contributed by atoms with E-state index in [1.807, 2.05) is 34.9 Å². The van der Waals surface area contributed by atoms with Crippen molar-refractivity contribution in [1.29, 1.82) is 0 Å². The number of aromatic nitrogens is 3. The smallest absolute Gasteiger partial charge is 0.319 e. The van der Waals surface area contributed by atoms with Gasteiger partial charge in [0.25, 0.3) is 0 Å². The van der Waals surface area contributed by atoms with E-state index in [2.05, 4.69) is 10.2 Å². The van der Waals surface area contributed by atoms with E-state index in [-0.39, 0.29) is 5.97 Å². The van der Waals surface area contributed by atoms with Crippen molar-refractivity contribution >= 4 is 40.9 Å². The van der Waals surface area contributed by atoms with Gasteiger partial charge in [0.1, 0.15) is 11.0 Å². The highest BCUT2D eigenvalue weighted by Gasteiger charge is 2.23. The Morgan fingerprint density at radius 1 is 1.14 bits per heavy atom. The molecule has 0 saturated carbocycles. The number of thioether (sulfide) groups is 1. The summed E-state index contributed by atoms with van der Waals surface area (Å²) < 4.78 is 12.2. The van der Waals surface area contributed by atoms with Crippen LogP contribution in [0.15, 0.2) is 47.6 Å². The molecule has 0 bridgehead atoms. The van der Waals surface area contributed by atoms with E-state index < -0.39 is 5.25 Å². The Hall–Kier alpha value is -2.22. The van der Waals surface area contributed by atoms with Crippen molar-refractivity contribution in [2.75, 3.05) is 13.7 Å². The molecule has 1 heterocycles. The largest absolute Gasteiger partial charge is 0.497 e. The molecule has 3 aromatic rings. The van der Waals surface area contributed by atoms with Crippen molar-refractivity contribution in [1.82, 2.24) is 14.8 Å². The molecule has 0 N–H and O–H groups in total. The molecule has 0 saturated heterocycles. The zero-order valence-electron chi connectivity index (χ0n) is 16.1.